The molecule has 0 aliphatic heterocycles. The third kappa shape index (κ3) is 2.98. The minimum atomic E-state index is -2.68. The Balaban J connectivity index is 1.60. The van der Waals surface area contributed by atoms with Crippen molar-refractivity contribution in [2.45, 2.75) is 32.1 Å². The molecule has 1 aliphatic carbocycles. The van der Waals surface area contributed by atoms with Crippen molar-refractivity contribution in [1.82, 2.24) is 19.5 Å². The number of carbonyl (C=O) groups is 1. The van der Waals surface area contributed by atoms with Gasteiger partial charge in [-0.3, -0.25) is 14.8 Å². The Morgan fingerprint density at radius 3 is 2.62 bits per heavy atom. The van der Waals surface area contributed by atoms with E-state index in [4.69, 9.17) is 0 Å². The number of halogens is 2. The quantitative estimate of drug-likeness (QED) is 0.718. The van der Waals surface area contributed by atoms with Crippen molar-refractivity contribution in [3.63, 3.8) is 0 Å². The Kier molecular flexibility index (Phi) is 3.82. The number of rotatable bonds is 4. The lowest BCUT2D eigenvalue weighted by atomic mass is 9.77. The smallest absolute Gasteiger partial charge is 0.249 e. The van der Waals surface area contributed by atoms with E-state index in [1.54, 1.807) is 18.6 Å². The molecule has 1 saturated carbocycles. The maximum Gasteiger partial charge on any atom is 0.249 e. The molecular weight excluding hydrogens is 338 g/mol. The molecular formula is C19H18F2N4O. The Morgan fingerprint density at radius 2 is 1.96 bits per heavy atom. The van der Waals surface area contributed by atoms with Gasteiger partial charge in [0.2, 0.25) is 5.92 Å². The molecule has 5 nitrogen and oxygen atoms in total. The van der Waals surface area contributed by atoms with Crippen molar-refractivity contribution in [3.8, 4) is 11.3 Å². The summed E-state index contributed by atoms with van der Waals surface area (Å²) in [5.41, 5.74) is 3.17. The predicted octanol–water partition coefficient (Wildman–Crippen LogP) is 3.50. The summed E-state index contributed by atoms with van der Waals surface area (Å²) in [5.74, 6) is -2.51. The zero-order valence-corrected chi connectivity index (χ0v) is 14.5. The summed E-state index contributed by atoms with van der Waals surface area (Å²) in [6.07, 6.45) is 4.57. The van der Waals surface area contributed by atoms with E-state index in [9.17, 15) is 13.6 Å². The molecule has 0 N–H and O–H groups in total. The van der Waals surface area contributed by atoms with Crippen LogP contribution in [0.25, 0.3) is 22.2 Å². The van der Waals surface area contributed by atoms with E-state index < -0.39 is 11.8 Å². The molecule has 0 spiro atoms. The SMILES string of the molecule is Cc1ncc(-c2cnc3cnc(CC(=O)C4CC(F)(F)C4)cc3c2)n1C. The third-order valence-corrected chi connectivity index (χ3v) is 5.04. The largest absolute Gasteiger partial charge is 0.331 e. The van der Waals surface area contributed by atoms with Crippen LogP contribution >= 0.6 is 0 Å². The van der Waals surface area contributed by atoms with Crippen molar-refractivity contribution in [2.75, 3.05) is 0 Å². The maximum absolute atomic E-state index is 13.0. The zero-order valence-electron chi connectivity index (χ0n) is 14.5. The molecule has 0 unspecified atom stereocenters. The molecule has 3 heterocycles. The van der Waals surface area contributed by atoms with Gasteiger partial charge in [-0.15, -0.1) is 0 Å². The summed E-state index contributed by atoms with van der Waals surface area (Å²) < 4.78 is 27.9. The number of hydrogen-bond donors (Lipinski definition) is 0. The van der Waals surface area contributed by atoms with Crippen LogP contribution in [-0.2, 0) is 18.3 Å². The Labute approximate surface area is 149 Å². The summed E-state index contributed by atoms with van der Waals surface area (Å²) in [5, 5.41) is 0.859. The van der Waals surface area contributed by atoms with E-state index >= 15 is 0 Å². The van der Waals surface area contributed by atoms with Crippen molar-refractivity contribution in [2.24, 2.45) is 13.0 Å². The van der Waals surface area contributed by atoms with Gasteiger partial charge in [0.05, 0.1) is 23.6 Å². The first-order chi connectivity index (χ1) is 12.3. The van der Waals surface area contributed by atoms with Gasteiger partial charge in [0.15, 0.2) is 0 Å². The molecule has 0 saturated heterocycles. The topological polar surface area (TPSA) is 60.7 Å². The van der Waals surface area contributed by atoms with E-state index in [-0.39, 0.29) is 25.0 Å². The maximum atomic E-state index is 13.0. The number of alkyl halides is 2. The third-order valence-electron chi connectivity index (χ3n) is 5.04. The van der Waals surface area contributed by atoms with Crippen LogP contribution in [0, 0.1) is 12.8 Å². The van der Waals surface area contributed by atoms with Gasteiger partial charge in [0, 0.05) is 55.1 Å². The van der Waals surface area contributed by atoms with Gasteiger partial charge in [0.1, 0.15) is 11.6 Å². The summed E-state index contributed by atoms with van der Waals surface area (Å²) in [7, 11) is 1.94. The molecule has 1 fully saturated rings. The fraction of sp³-hybridized carbons (Fsp3) is 0.368. The number of aromatic nitrogens is 4. The molecule has 0 radical (unpaired) electrons. The Hall–Kier alpha value is -2.70. The number of ketones is 1. The van der Waals surface area contributed by atoms with Crippen LogP contribution in [0.2, 0.25) is 0 Å². The number of nitrogens with zero attached hydrogens (tertiary/aromatic N) is 4. The van der Waals surface area contributed by atoms with E-state index in [0.29, 0.717) is 5.69 Å². The zero-order chi connectivity index (χ0) is 18.5. The van der Waals surface area contributed by atoms with Gasteiger partial charge in [-0.05, 0) is 19.1 Å². The van der Waals surface area contributed by atoms with E-state index in [2.05, 4.69) is 15.0 Å². The second-order valence-corrected chi connectivity index (χ2v) is 6.95. The van der Waals surface area contributed by atoms with E-state index in [1.807, 2.05) is 30.7 Å². The number of fused-ring (bicyclic) bond motifs is 1. The van der Waals surface area contributed by atoms with Gasteiger partial charge < -0.3 is 4.57 Å². The van der Waals surface area contributed by atoms with Crippen LogP contribution in [-0.4, -0.2) is 31.2 Å². The average molecular weight is 356 g/mol. The van der Waals surface area contributed by atoms with Gasteiger partial charge in [-0.25, -0.2) is 13.8 Å². The number of pyridine rings is 2. The molecule has 0 amide bonds. The van der Waals surface area contributed by atoms with Gasteiger partial charge in [0.25, 0.3) is 0 Å². The van der Waals surface area contributed by atoms with Gasteiger partial charge in [-0.1, -0.05) is 0 Å². The van der Waals surface area contributed by atoms with Crippen molar-refractivity contribution < 1.29 is 13.6 Å². The standard InChI is InChI=1S/C19H18F2N4O/c1-11-22-10-17(25(11)2)13-3-12-4-15(23-9-16(12)24-8-13)5-18(26)14-6-19(20,21)7-14/h3-4,8-10,14H,5-7H2,1-2H3. The Morgan fingerprint density at radius 1 is 1.19 bits per heavy atom. The summed E-state index contributed by atoms with van der Waals surface area (Å²) in [4.78, 5) is 25.1. The fourth-order valence-corrected chi connectivity index (χ4v) is 3.30. The fourth-order valence-electron chi connectivity index (χ4n) is 3.30. The molecule has 3 aromatic rings. The minimum Gasteiger partial charge on any atom is -0.331 e. The lowest BCUT2D eigenvalue weighted by molar-refractivity contribution is -0.147. The summed E-state index contributed by atoms with van der Waals surface area (Å²) in [6.45, 7) is 1.93. The monoisotopic (exact) mass is 356 g/mol. The highest BCUT2D eigenvalue weighted by molar-refractivity contribution is 5.86. The highest BCUT2D eigenvalue weighted by Gasteiger charge is 2.48. The van der Waals surface area contributed by atoms with Gasteiger partial charge in [-0.2, -0.15) is 0 Å². The minimum absolute atomic E-state index is 0.0751. The van der Waals surface area contributed by atoms with E-state index in [0.717, 1.165) is 28.0 Å². The molecule has 0 atom stereocenters. The molecule has 134 valence electrons. The normalized spacial score (nSPS) is 16.6. The molecule has 0 bridgehead atoms. The number of Topliss-reactive ketones (excluding diaryl/α,β-unsaturated/α-hetero) is 1. The first kappa shape index (κ1) is 16.8. The highest BCUT2D eigenvalue weighted by atomic mass is 19.3. The van der Waals surface area contributed by atoms with Crippen molar-refractivity contribution >= 4 is 16.7 Å². The van der Waals surface area contributed by atoms with Crippen LogP contribution in [0.5, 0.6) is 0 Å². The van der Waals surface area contributed by atoms with Crippen LogP contribution < -0.4 is 0 Å². The molecule has 1 aliphatic rings. The number of carbonyl (C=O) groups excluding carboxylic acids is 1. The lowest BCUT2D eigenvalue weighted by Gasteiger charge is -2.33. The summed E-state index contributed by atoms with van der Waals surface area (Å²) in [6, 6.07) is 3.79. The summed E-state index contributed by atoms with van der Waals surface area (Å²) >= 11 is 0. The molecule has 7 heteroatoms. The second kappa shape index (κ2) is 5.93. The van der Waals surface area contributed by atoms with Crippen LogP contribution in [0.3, 0.4) is 0 Å². The predicted molar refractivity (Wildman–Crippen MR) is 92.9 cm³/mol. The highest BCUT2D eigenvalue weighted by Crippen LogP contribution is 2.43. The van der Waals surface area contributed by atoms with Crippen LogP contribution in [0.15, 0.2) is 30.7 Å². The number of imidazole rings is 1. The number of hydrogen-bond acceptors (Lipinski definition) is 4. The van der Waals surface area contributed by atoms with Crippen molar-refractivity contribution in [3.05, 3.63) is 42.2 Å². The van der Waals surface area contributed by atoms with Gasteiger partial charge >= 0.3 is 0 Å². The first-order valence-electron chi connectivity index (χ1n) is 8.46. The molecule has 26 heavy (non-hydrogen) atoms. The first-order valence-corrected chi connectivity index (χ1v) is 8.46. The van der Waals surface area contributed by atoms with E-state index in [1.165, 1.54) is 0 Å². The van der Waals surface area contributed by atoms with Crippen molar-refractivity contribution in [1.29, 1.82) is 0 Å². The van der Waals surface area contributed by atoms with Crippen LogP contribution in [0.4, 0.5) is 8.78 Å². The average Bonchev–Trinajstić information content (AvgIpc) is 2.91. The molecule has 4 rings (SSSR count). The second-order valence-electron chi connectivity index (χ2n) is 6.95. The lowest BCUT2D eigenvalue weighted by Crippen LogP contribution is -2.40. The number of aryl methyl sites for hydroxylation is 1. The Bertz CT molecular complexity index is 1000. The molecule has 3 aromatic heterocycles. The van der Waals surface area contributed by atoms with Crippen LogP contribution in [0.1, 0.15) is 24.4 Å². The molecule has 0 aromatic carbocycles.